The van der Waals surface area contributed by atoms with Gasteiger partial charge in [-0.1, -0.05) is 18.2 Å². The highest BCUT2D eigenvalue weighted by atomic mass is 32.1. The number of urea groups is 1. The molecule has 6 heteroatoms. The average molecular weight is 337 g/mol. The fourth-order valence-electron chi connectivity index (χ4n) is 3.62. The number of nitrogens with one attached hydrogen (secondary N) is 1. The SMILES string of the molecule is N#Cc1ccccc1CN1C(=O)N[C@@]2(CCCc3sccc32)C1=O. The Kier molecular flexibility index (Phi) is 3.39. The number of hydrogen-bond donors (Lipinski definition) is 1. The maximum atomic E-state index is 13.1. The molecule has 2 heterocycles. The molecule has 2 aromatic rings. The quantitative estimate of drug-likeness (QED) is 0.856. The van der Waals surface area contributed by atoms with Crippen LogP contribution in [0.15, 0.2) is 35.7 Å². The Hall–Kier alpha value is -2.65. The molecule has 1 aromatic heterocycles. The zero-order chi connectivity index (χ0) is 16.7. The number of benzene rings is 1. The van der Waals surface area contributed by atoms with Crippen LogP contribution >= 0.6 is 11.3 Å². The lowest BCUT2D eigenvalue weighted by atomic mass is 9.80. The first-order chi connectivity index (χ1) is 11.7. The smallest absolute Gasteiger partial charge is 0.319 e. The van der Waals surface area contributed by atoms with Crippen molar-refractivity contribution in [2.75, 3.05) is 0 Å². The van der Waals surface area contributed by atoms with Crippen LogP contribution in [0.3, 0.4) is 0 Å². The highest BCUT2D eigenvalue weighted by Crippen LogP contribution is 2.42. The van der Waals surface area contributed by atoms with Gasteiger partial charge in [0.15, 0.2) is 0 Å². The van der Waals surface area contributed by atoms with Crippen LogP contribution in [0.2, 0.25) is 0 Å². The Bertz CT molecular complexity index is 882. The summed E-state index contributed by atoms with van der Waals surface area (Å²) in [4.78, 5) is 28.0. The molecule has 0 bridgehead atoms. The standard InChI is InChI=1S/C18H15N3O2S/c19-10-12-4-1-2-5-13(12)11-21-16(22)18(20-17(21)23)8-3-6-15-14(18)7-9-24-15/h1-2,4-5,7,9H,3,6,8,11H2,(H,20,23)/t18-/m1/s1. The number of amides is 3. The van der Waals surface area contributed by atoms with Gasteiger partial charge in [-0.05, 0) is 42.3 Å². The lowest BCUT2D eigenvalue weighted by molar-refractivity contribution is -0.132. The first-order valence-corrected chi connectivity index (χ1v) is 8.72. The second-order valence-electron chi connectivity index (χ2n) is 6.11. The largest absolute Gasteiger partial charge is 0.325 e. The Labute approximate surface area is 143 Å². The molecule has 0 saturated carbocycles. The number of carbonyl (C=O) groups is 2. The molecule has 1 fully saturated rings. The van der Waals surface area contributed by atoms with Crippen LogP contribution in [0.5, 0.6) is 0 Å². The van der Waals surface area contributed by atoms with Crippen molar-refractivity contribution in [2.24, 2.45) is 0 Å². The van der Waals surface area contributed by atoms with Crippen molar-refractivity contribution in [3.8, 4) is 6.07 Å². The molecule has 3 amide bonds. The number of nitrogens with zero attached hydrogens (tertiary/aromatic N) is 2. The van der Waals surface area contributed by atoms with Crippen LogP contribution in [0.25, 0.3) is 0 Å². The maximum absolute atomic E-state index is 13.1. The Morgan fingerprint density at radius 1 is 1.29 bits per heavy atom. The zero-order valence-corrected chi connectivity index (χ0v) is 13.7. The first-order valence-electron chi connectivity index (χ1n) is 7.85. The second kappa shape index (κ2) is 5.46. The summed E-state index contributed by atoms with van der Waals surface area (Å²) in [5, 5.41) is 14.1. The van der Waals surface area contributed by atoms with E-state index in [-0.39, 0.29) is 18.5 Å². The molecule has 0 unspecified atom stereocenters. The van der Waals surface area contributed by atoms with Crippen LogP contribution in [-0.2, 0) is 23.3 Å². The number of fused-ring (bicyclic) bond motifs is 2. The van der Waals surface area contributed by atoms with E-state index in [1.54, 1.807) is 29.5 Å². The van der Waals surface area contributed by atoms with Crippen molar-refractivity contribution in [1.82, 2.24) is 10.2 Å². The lowest BCUT2D eigenvalue weighted by Gasteiger charge is -2.31. The predicted molar refractivity (Wildman–Crippen MR) is 89.2 cm³/mol. The Morgan fingerprint density at radius 3 is 2.96 bits per heavy atom. The number of nitriles is 1. The highest BCUT2D eigenvalue weighted by molar-refractivity contribution is 7.10. The van der Waals surface area contributed by atoms with Crippen LogP contribution < -0.4 is 5.32 Å². The minimum Gasteiger partial charge on any atom is -0.319 e. The third-order valence-corrected chi connectivity index (χ3v) is 5.78. The van der Waals surface area contributed by atoms with E-state index in [1.807, 2.05) is 17.5 Å². The summed E-state index contributed by atoms with van der Waals surface area (Å²) in [7, 11) is 0. The molecule has 0 radical (unpaired) electrons. The predicted octanol–water partition coefficient (Wildman–Crippen LogP) is 2.90. The molecule has 1 aliphatic heterocycles. The third-order valence-electron chi connectivity index (χ3n) is 4.80. The van der Waals surface area contributed by atoms with Gasteiger partial charge in [0.25, 0.3) is 5.91 Å². The summed E-state index contributed by atoms with van der Waals surface area (Å²) < 4.78 is 0. The Morgan fingerprint density at radius 2 is 2.12 bits per heavy atom. The first kappa shape index (κ1) is 14.9. The molecule has 120 valence electrons. The molecule has 24 heavy (non-hydrogen) atoms. The van der Waals surface area contributed by atoms with Gasteiger partial charge in [0, 0.05) is 10.4 Å². The number of rotatable bonds is 2. The molecule has 1 aliphatic carbocycles. The molecule has 1 atom stereocenters. The molecular weight excluding hydrogens is 322 g/mol. The Balaban J connectivity index is 1.70. The topological polar surface area (TPSA) is 73.2 Å². The summed E-state index contributed by atoms with van der Waals surface area (Å²) in [5.41, 5.74) is 1.18. The molecule has 4 rings (SSSR count). The van der Waals surface area contributed by atoms with E-state index >= 15 is 0 Å². The lowest BCUT2D eigenvalue weighted by Crippen LogP contribution is -2.46. The fourth-order valence-corrected chi connectivity index (χ4v) is 4.62. The molecule has 1 N–H and O–H groups in total. The van der Waals surface area contributed by atoms with Crippen LogP contribution in [0.4, 0.5) is 4.79 Å². The average Bonchev–Trinajstić information content (AvgIpc) is 3.16. The fraction of sp³-hybridized carbons (Fsp3) is 0.278. The van der Waals surface area contributed by atoms with Gasteiger partial charge in [-0.3, -0.25) is 9.69 Å². The van der Waals surface area contributed by atoms with Gasteiger partial charge in [0.2, 0.25) is 0 Å². The van der Waals surface area contributed by atoms with E-state index in [0.717, 1.165) is 18.4 Å². The number of hydrogen-bond acceptors (Lipinski definition) is 4. The van der Waals surface area contributed by atoms with E-state index in [9.17, 15) is 14.9 Å². The van der Waals surface area contributed by atoms with Gasteiger partial charge in [0.05, 0.1) is 18.2 Å². The molecule has 1 aromatic carbocycles. The van der Waals surface area contributed by atoms with Crippen molar-refractivity contribution in [3.05, 3.63) is 57.3 Å². The van der Waals surface area contributed by atoms with E-state index in [0.29, 0.717) is 17.5 Å². The van der Waals surface area contributed by atoms with Gasteiger partial charge in [0.1, 0.15) is 5.54 Å². The zero-order valence-electron chi connectivity index (χ0n) is 12.9. The maximum Gasteiger partial charge on any atom is 0.325 e. The van der Waals surface area contributed by atoms with E-state index in [4.69, 9.17) is 0 Å². The number of thiophene rings is 1. The van der Waals surface area contributed by atoms with Gasteiger partial charge >= 0.3 is 6.03 Å². The monoisotopic (exact) mass is 337 g/mol. The van der Waals surface area contributed by atoms with E-state index in [2.05, 4.69) is 11.4 Å². The summed E-state index contributed by atoms with van der Waals surface area (Å²) in [6.45, 7) is 0.121. The van der Waals surface area contributed by atoms with Crippen molar-refractivity contribution in [1.29, 1.82) is 5.26 Å². The van der Waals surface area contributed by atoms with E-state index in [1.165, 1.54) is 9.78 Å². The van der Waals surface area contributed by atoms with Crippen molar-refractivity contribution in [2.45, 2.75) is 31.3 Å². The van der Waals surface area contributed by atoms with Gasteiger partial charge in [-0.25, -0.2) is 4.79 Å². The summed E-state index contributed by atoms with van der Waals surface area (Å²) in [5.74, 6) is -0.209. The van der Waals surface area contributed by atoms with Gasteiger partial charge in [-0.2, -0.15) is 5.26 Å². The number of imide groups is 1. The van der Waals surface area contributed by atoms with Gasteiger partial charge in [-0.15, -0.1) is 11.3 Å². The van der Waals surface area contributed by atoms with E-state index < -0.39 is 5.54 Å². The molecular formula is C18H15N3O2S. The minimum absolute atomic E-state index is 0.121. The van der Waals surface area contributed by atoms with Crippen LogP contribution in [-0.4, -0.2) is 16.8 Å². The van der Waals surface area contributed by atoms with Crippen molar-refractivity contribution < 1.29 is 9.59 Å². The van der Waals surface area contributed by atoms with Crippen LogP contribution in [0.1, 0.15) is 34.4 Å². The third kappa shape index (κ3) is 2.05. The number of carbonyl (C=O) groups excluding carboxylic acids is 2. The molecule has 2 aliphatic rings. The van der Waals surface area contributed by atoms with Gasteiger partial charge < -0.3 is 5.32 Å². The summed E-state index contributed by atoms with van der Waals surface area (Å²) in [6, 6.07) is 10.7. The molecule has 1 spiro atoms. The van der Waals surface area contributed by atoms with Crippen molar-refractivity contribution in [3.63, 3.8) is 0 Å². The highest BCUT2D eigenvalue weighted by Gasteiger charge is 2.54. The second-order valence-corrected chi connectivity index (χ2v) is 7.11. The molecule has 1 saturated heterocycles. The molecule has 5 nitrogen and oxygen atoms in total. The van der Waals surface area contributed by atoms with Crippen LogP contribution in [0, 0.1) is 11.3 Å². The number of aryl methyl sites for hydroxylation is 1. The summed E-state index contributed by atoms with van der Waals surface area (Å²) in [6.07, 6.45) is 2.45. The minimum atomic E-state index is -0.924. The normalized spacial score (nSPS) is 22.4. The summed E-state index contributed by atoms with van der Waals surface area (Å²) >= 11 is 1.64. The van der Waals surface area contributed by atoms with Crippen molar-refractivity contribution >= 4 is 23.3 Å².